The fourth-order valence-electron chi connectivity index (χ4n) is 3.37. The highest BCUT2D eigenvalue weighted by Crippen LogP contribution is 2.31. The fourth-order valence-corrected chi connectivity index (χ4v) is 4.96. The number of rotatable bonds is 3. The van der Waals surface area contributed by atoms with E-state index in [0.29, 0.717) is 11.0 Å². The van der Waals surface area contributed by atoms with Crippen molar-refractivity contribution in [3.63, 3.8) is 0 Å². The van der Waals surface area contributed by atoms with Crippen LogP contribution in [0.1, 0.15) is 23.1 Å². The number of nitrogens with zero attached hydrogens (tertiary/aromatic N) is 3. The van der Waals surface area contributed by atoms with Crippen LogP contribution in [0.2, 0.25) is 0 Å². The summed E-state index contributed by atoms with van der Waals surface area (Å²) < 4.78 is 28.1. The first-order chi connectivity index (χ1) is 13.0. The van der Waals surface area contributed by atoms with E-state index >= 15 is 0 Å². The third kappa shape index (κ3) is 2.93. The monoisotopic (exact) mass is 378 g/mol. The van der Waals surface area contributed by atoms with Crippen LogP contribution in [0.15, 0.2) is 53.7 Å². The Morgan fingerprint density at radius 3 is 2.89 bits per heavy atom. The Bertz CT molecular complexity index is 1220. The lowest BCUT2D eigenvalue weighted by Crippen LogP contribution is -2.20. The van der Waals surface area contributed by atoms with Crippen LogP contribution < -0.4 is 5.32 Å². The second-order valence-electron chi connectivity index (χ2n) is 6.51. The van der Waals surface area contributed by atoms with Crippen molar-refractivity contribution in [2.24, 2.45) is 0 Å². The second-order valence-corrected chi connectivity index (χ2v) is 8.29. The molecule has 27 heavy (non-hydrogen) atoms. The normalized spacial score (nSPS) is 14.7. The van der Waals surface area contributed by atoms with Gasteiger partial charge in [0.2, 0.25) is 0 Å². The van der Waals surface area contributed by atoms with Gasteiger partial charge in [0.1, 0.15) is 11.0 Å². The van der Waals surface area contributed by atoms with Crippen molar-refractivity contribution in [3.05, 3.63) is 65.5 Å². The predicted octanol–water partition coefficient (Wildman–Crippen LogP) is 2.83. The molecular weight excluding hydrogens is 360 g/mol. The number of aryl methyl sites for hydroxylation is 1. The minimum atomic E-state index is -3.94. The van der Waals surface area contributed by atoms with Gasteiger partial charge in [0.15, 0.2) is 0 Å². The minimum Gasteiger partial charge on any atom is -0.313 e. The first kappa shape index (κ1) is 17.5. The van der Waals surface area contributed by atoms with E-state index in [9.17, 15) is 13.7 Å². The number of benzene rings is 1. The summed E-state index contributed by atoms with van der Waals surface area (Å²) in [5, 5.41) is 12.6. The highest BCUT2D eigenvalue weighted by Gasteiger charge is 2.26. The molecule has 0 fully saturated rings. The van der Waals surface area contributed by atoms with Gasteiger partial charge in [0.05, 0.1) is 16.6 Å². The predicted molar refractivity (Wildman–Crippen MR) is 104 cm³/mol. The Morgan fingerprint density at radius 1 is 1.30 bits per heavy atom. The number of hydrogen-bond acceptors (Lipinski definition) is 5. The Balaban J connectivity index is 1.99. The SMILES string of the molecule is Cc1ccc(C#N)c(S(=O)(=O)n2cc(C3=CCNCC3)c3ncccc32)c1. The van der Waals surface area contributed by atoms with E-state index in [-0.39, 0.29) is 10.5 Å². The third-order valence-corrected chi connectivity index (χ3v) is 6.44. The number of nitriles is 1. The molecule has 136 valence electrons. The molecular formula is C20H18N4O2S. The molecule has 0 atom stereocenters. The zero-order valence-electron chi connectivity index (χ0n) is 14.8. The summed E-state index contributed by atoms with van der Waals surface area (Å²) in [6, 6.07) is 10.3. The van der Waals surface area contributed by atoms with E-state index in [1.165, 1.54) is 3.97 Å². The van der Waals surface area contributed by atoms with Gasteiger partial charge in [-0.25, -0.2) is 12.4 Å². The van der Waals surface area contributed by atoms with Gasteiger partial charge in [-0.1, -0.05) is 12.1 Å². The number of aromatic nitrogens is 2. The van der Waals surface area contributed by atoms with Gasteiger partial charge in [-0.2, -0.15) is 5.26 Å². The number of fused-ring (bicyclic) bond motifs is 1. The Morgan fingerprint density at radius 2 is 2.15 bits per heavy atom. The van der Waals surface area contributed by atoms with Crippen LogP contribution in [-0.4, -0.2) is 30.5 Å². The molecule has 7 heteroatoms. The largest absolute Gasteiger partial charge is 0.313 e. The summed E-state index contributed by atoms with van der Waals surface area (Å²) in [4.78, 5) is 4.44. The molecule has 0 amide bonds. The van der Waals surface area contributed by atoms with E-state index in [1.807, 2.05) is 6.07 Å². The Kier molecular flexibility index (Phi) is 4.30. The maximum Gasteiger partial charge on any atom is 0.269 e. The van der Waals surface area contributed by atoms with Crippen molar-refractivity contribution in [3.8, 4) is 6.07 Å². The molecule has 1 aliphatic heterocycles. The summed E-state index contributed by atoms with van der Waals surface area (Å²) in [5.41, 5.74) is 3.98. The van der Waals surface area contributed by atoms with Crippen LogP contribution in [0.5, 0.6) is 0 Å². The summed E-state index contributed by atoms with van der Waals surface area (Å²) in [6.45, 7) is 3.40. The molecule has 0 radical (unpaired) electrons. The maximum atomic E-state index is 13.4. The molecule has 0 saturated carbocycles. The zero-order valence-corrected chi connectivity index (χ0v) is 15.6. The lowest BCUT2D eigenvalue weighted by molar-refractivity contribution is 0.588. The van der Waals surface area contributed by atoms with Crippen LogP contribution in [0.25, 0.3) is 16.6 Å². The van der Waals surface area contributed by atoms with E-state index in [0.717, 1.165) is 36.2 Å². The van der Waals surface area contributed by atoms with Gasteiger partial charge in [-0.05, 0) is 55.3 Å². The topological polar surface area (TPSA) is 87.8 Å². The molecule has 1 N–H and O–H groups in total. The average Bonchev–Trinajstić information content (AvgIpc) is 3.09. The maximum absolute atomic E-state index is 13.4. The third-order valence-electron chi connectivity index (χ3n) is 4.73. The number of nitrogens with one attached hydrogen (secondary N) is 1. The molecule has 3 aromatic rings. The van der Waals surface area contributed by atoms with E-state index in [2.05, 4.69) is 16.4 Å². The second kappa shape index (κ2) is 6.65. The van der Waals surface area contributed by atoms with Crippen LogP contribution >= 0.6 is 0 Å². The van der Waals surface area contributed by atoms with Crippen molar-refractivity contribution >= 4 is 26.6 Å². The molecule has 0 spiro atoms. The zero-order chi connectivity index (χ0) is 19.0. The van der Waals surface area contributed by atoms with Gasteiger partial charge in [-0.15, -0.1) is 0 Å². The summed E-state index contributed by atoms with van der Waals surface area (Å²) in [7, 11) is -3.94. The molecule has 0 unspecified atom stereocenters. The standard InChI is InChI=1S/C20H18N4O2S/c1-14-4-5-16(12-21)19(11-14)27(25,26)24-13-17(15-6-9-22-10-7-15)20-18(24)3-2-8-23-20/h2-6,8,11,13,22H,7,9-10H2,1H3. The van der Waals surface area contributed by atoms with Gasteiger partial charge in [-0.3, -0.25) is 4.98 Å². The highest BCUT2D eigenvalue weighted by atomic mass is 32.2. The Labute approximate surface area is 157 Å². The molecule has 1 aromatic carbocycles. The lowest BCUT2D eigenvalue weighted by Gasteiger charge is -2.13. The minimum absolute atomic E-state index is 0.0107. The highest BCUT2D eigenvalue weighted by molar-refractivity contribution is 7.90. The molecule has 0 aliphatic carbocycles. The molecule has 4 rings (SSSR count). The van der Waals surface area contributed by atoms with Gasteiger partial charge in [0, 0.05) is 24.5 Å². The van der Waals surface area contributed by atoms with Crippen LogP contribution in [0.3, 0.4) is 0 Å². The van der Waals surface area contributed by atoms with Crippen molar-refractivity contribution in [2.45, 2.75) is 18.2 Å². The fraction of sp³-hybridized carbons (Fsp3) is 0.200. The number of pyridine rings is 1. The van der Waals surface area contributed by atoms with Crippen molar-refractivity contribution in [1.82, 2.24) is 14.3 Å². The van der Waals surface area contributed by atoms with Crippen LogP contribution in [-0.2, 0) is 10.0 Å². The molecule has 2 aromatic heterocycles. The molecule has 3 heterocycles. The molecule has 6 nitrogen and oxygen atoms in total. The van der Waals surface area contributed by atoms with Crippen molar-refractivity contribution < 1.29 is 8.42 Å². The summed E-state index contributed by atoms with van der Waals surface area (Å²) in [5.74, 6) is 0. The first-order valence-corrected chi connectivity index (χ1v) is 10.1. The lowest BCUT2D eigenvalue weighted by atomic mass is 10.0. The van der Waals surface area contributed by atoms with E-state index in [4.69, 9.17) is 0 Å². The Hall–Kier alpha value is -2.95. The molecule has 1 aliphatic rings. The quantitative estimate of drug-likeness (QED) is 0.757. The van der Waals surface area contributed by atoms with Gasteiger partial charge < -0.3 is 5.32 Å². The number of hydrogen-bond donors (Lipinski definition) is 1. The summed E-state index contributed by atoms with van der Waals surface area (Å²) in [6.07, 6.45) is 6.17. The van der Waals surface area contributed by atoms with Crippen LogP contribution in [0, 0.1) is 18.3 Å². The average molecular weight is 378 g/mol. The first-order valence-electron chi connectivity index (χ1n) is 8.65. The molecule has 0 saturated heterocycles. The van der Waals surface area contributed by atoms with E-state index < -0.39 is 10.0 Å². The molecule has 0 bridgehead atoms. The van der Waals surface area contributed by atoms with Gasteiger partial charge in [0.25, 0.3) is 10.0 Å². The van der Waals surface area contributed by atoms with Gasteiger partial charge >= 0.3 is 0 Å². The van der Waals surface area contributed by atoms with Crippen molar-refractivity contribution in [2.75, 3.05) is 13.1 Å². The summed E-state index contributed by atoms with van der Waals surface area (Å²) >= 11 is 0. The van der Waals surface area contributed by atoms with E-state index in [1.54, 1.807) is 49.6 Å². The van der Waals surface area contributed by atoms with Crippen molar-refractivity contribution in [1.29, 1.82) is 5.26 Å². The smallest absolute Gasteiger partial charge is 0.269 e. The van der Waals surface area contributed by atoms with Crippen LogP contribution in [0.4, 0.5) is 0 Å².